The lowest BCUT2D eigenvalue weighted by atomic mass is 9.68. The molecule has 8 atom stereocenters. The van der Waals surface area contributed by atoms with Gasteiger partial charge in [0, 0.05) is 36.4 Å². The number of piperidine rings is 2. The number of aromatic nitrogens is 4. The van der Waals surface area contributed by atoms with E-state index in [1.165, 1.54) is 68.2 Å². The summed E-state index contributed by atoms with van der Waals surface area (Å²) < 4.78 is 3.11. The molecule has 3 aromatic rings. The zero-order valence-electron chi connectivity index (χ0n) is 23.7. The van der Waals surface area contributed by atoms with Gasteiger partial charge in [0.2, 0.25) is 5.82 Å². The maximum Gasteiger partial charge on any atom is 0.334 e. The molecule has 0 spiro atoms. The van der Waals surface area contributed by atoms with E-state index in [2.05, 4.69) is 28.7 Å². The number of fused-ring (bicyclic) bond motifs is 5. The van der Waals surface area contributed by atoms with Crippen LogP contribution in [0.25, 0.3) is 16.9 Å². The molecule has 8 nitrogen and oxygen atoms in total. The van der Waals surface area contributed by atoms with Crippen LogP contribution in [0.1, 0.15) is 84.1 Å². The van der Waals surface area contributed by atoms with E-state index in [0.29, 0.717) is 35.5 Å². The van der Waals surface area contributed by atoms with Gasteiger partial charge in [-0.1, -0.05) is 51.7 Å². The van der Waals surface area contributed by atoms with Gasteiger partial charge >= 0.3 is 5.69 Å². The summed E-state index contributed by atoms with van der Waals surface area (Å²) in [7, 11) is 0. The summed E-state index contributed by atoms with van der Waals surface area (Å²) in [6, 6.07) is 10.6. The zero-order chi connectivity index (χ0) is 27.5. The van der Waals surface area contributed by atoms with Crippen LogP contribution in [0.3, 0.4) is 0 Å². The lowest BCUT2D eigenvalue weighted by molar-refractivity contribution is -0.0869. The van der Waals surface area contributed by atoms with Gasteiger partial charge in [-0.15, -0.1) is 0 Å². The standard InChI is InChI=1S/C32H41N5O3/c1-19-13-20(2)28-18-24(17-27(19)36(28)23-15-21-7-3-4-8-22(14-21)16-23)37-26-10-6-5-9-25(26)33-30(31(37)39)35-12-11-29(38)34-32(35)40/h5-6,9-12,19-24,27-28H,3-4,7-8,13-18H2,1-2H3,(H,34,38,40)/t19-,20?,21-,22+,23?,24?,27?,28?/m1/s1. The van der Waals surface area contributed by atoms with E-state index in [1.54, 1.807) is 0 Å². The Hall–Kier alpha value is -3.00. The predicted molar refractivity (Wildman–Crippen MR) is 156 cm³/mol. The second kappa shape index (κ2) is 10.1. The van der Waals surface area contributed by atoms with Gasteiger partial charge < -0.3 is 4.57 Å². The Morgan fingerprint density at radius 3 is 2.15 bits per heavy atom. The Morgan fingerprint density at radius 1 is 0.800 bits per heavy atom. The molecule has 4 bridgehead atoms. The van der Waals surface area contributed by atoms with Gasteiger partial charge in [-0.2, -0.15) is 0 Å². The highest BCUT2D eigenvalue weighted by molar-refractivity contribution is 5.75. The second-order valence-electron chi connectivity index (χ2n) is 13.4. The van der Waals surface area contributed by atoms with Crippen LogP contribution in [0.15, 0.2) is 50.9 Å². The fourth-order valence-electron chi connectivity index (χ4n) is 9.20. The molecule has 40 heavy (non-hydrogen) atoms. The fourth-order valence-corrected chi connectivity index (χ4v) is 9.20. The number of aromatic amines is 1. The molecule has 5 unspecified atom stereocenters. The zero-order valence-corrected chi connectivity index (χ0v) is 23.7. The van der Waals surface area contributed by atoms with Gasteiger partial charge in [0.05, 0.1) is 11.0 Å². The molecule has 0 amide bonds. The highest BCUT2D eigenvalue weighted by Crippen LogP contribution is 2.49. The summed E-state index contributed by atoms with van der Waals surface area (Å²) in [4.78, 5) is 48.5. The van der Waals surface area contributed by atoms with Crippen molar-refractivity contribution < 1.29 is 0 Å². The first-order chi connectivity index (χ1) is 19.4. The van der Waals surface area contributed by atoms with Crippen LogP contribution in [-0.4, -0.2) is 42.1 Å². The summed E-state index contributed by atoms with van der Waals surface area (Å²) in [5, 5.41) is 0. The SMILES string of the molecule is CC1C[C@@H](C)C2CC(n3c(=O)c(-n4ccc(=O)[nH]c4=O)nc4ccccc43)CC1N2C1C[C@H]2CCCC[C@@H](C1)C2. The molecule has 4 fully saturated rings. The summed E-state index contributed by atoms with van der Waals surface area (Å²) in [6.45, 7) is 4.84. The topological polar surface area (TPSA) is 93.0 Å². The van der Waals surface area contributed by atoms with E-state index >= 15 is 0 Å². The van der Waals surface area contributed by atoms with Crippen molar-refractivity contribution in [2.45, 2.75) is 102 Å². The van der Waals surface area contributed by atoms with Gasteiger partial charge in [-0.25, -0.2) is 14.3 Å². The lowest BCUT2D eigenvalue weighted by Gasteiger charge is -2.58. The van der Waals surface area contributed by atoms with Crippen LogP contribution in [-0.2, 0) is 0 Å². The monoisotopic (exact) mass is 543 g/mol. The lowest BCUT2D eigenvalue weighted by Crippen LogP contribution is -2.63. The molecule has 8 heteroatoms. The van der Waals surface area contributed by atoms with Crippen LogP contribution in [0.5, 0.6) is 0 Å². The minimum Gasteiger partial charge on any atom is -0.300 e. The maximum atomic E-state index is 14.2. The molecule has 2 aromatic heterocycles. The molecule has 0 radical (unpaired) electrons. The third kappa shape index (κ3) is 4.39. The number of nitrogens with one attached hydrogen (secondary N) is 1. The normalized spacial score (nSPS) is 34.5. The summed E-state index contributed by atoms with van der Waals surface area (Å²) >= 11 is 0. The van der Waals surface area contributed by atoms with Gasteiger partial charge in [0.1, 0.15) is 0 Å². The van der Waals surface area contributed by atoms with Gasteiger partial charge in [-0.3, -0.25) is 19.5 Å². The number of para-hydroxylation sites is 2. The second-order valence-corrected chi connectivity index (χ2v) is 13.4. The van der Waals surface area contributed by atoms with Gasteiger partial charge in [-0.05, 0) is 74.3 Å². The molecule has 212 valence electrons. The van der Waals surface area contributed by atoms with Crippen LogP contribution < -0.4 is 16.8 Å². The van der Waals surface area contributed by atoms with Crippen molar-refractivity contribution >= 4 is 11.0 Å². The number of H-pyrrole nitrogens is 1. The molecule has 4 aliphatic rings. The van der Waals surface area contributed by atoms with E-state index in [4.69, 9.17) is 0 Å². The molecule has 2 aliphatic heterocycles. The van der Waals surface area contributed by atoms with E-state index in [1.807, 2.05) is 28.8 Å². The average Bonchev–Trinajstić information content (AvgIpc) is 3.10. The molecular formula is C32H41N5O3. The number of benzene rings is 1. The molecule has 4 heterocycles. The highest BCUT2D eigenvalue weighted by atomic mass is 16.2. The Labute approximate surface area is 234 Å². The Bertz CT molecular complexity index is 1560. The van der Waals surface area contributed by atoms with Crippen molar-refractivity contribution in [2.75, 3.05) is 0 Å². The number of hydrogen-bond acceptors (Lipinski definition) is 5. The predicted octanol–water partition coefficient (Wildman–Crippen LogP) is 4.64. The van der Waals surface area contributed by atoms with E-state index in [0.717, 1.165) is 30.2 Å². The van der Waals surface area contributed by atoms with Crippen molar-refractivity contribution in [2.24, 2.45) is 23.7 Å². The maximum absolute atomic E-state index is 14.2. The molecule has 7 rings (SSSR count). The minimum absolute atomic E-state index is 0.0277. The molecule has 2 saturated heterocycles. The highest BCUT2D eigenvalue weighted by Gasteiger charge is 2.49. The number of hydrogen-bond donors (Lipinski definition) is 1. The summed E-state index contributed by atoms with van der Waals surface area (Å²) in [6.07, 6.45) is 14.2. The molecule has 2 aliphatic carbocycles. The first-order valence-corrected chi connectivity index (χ1v) is 15.5. The van der Waals surface area contributed by atoms with Gasteiger partial charge in [0.15, 0.2) is 0 Å². The van der Waals surface area contributed by atoms with Crippen molar-refractivity contribution in [1.29, 1.82) is 0 Å². The largest absolute Gasteiger partial charge is 0.334 e. The van der Waals surface area contributed by atoms with Gasteiger partial charge in [0.25, 0.3) is 11.1 Å². The van der Waals surface area contributed by atoms with Crippen LogP contribution in [0, 0.1) is 23.7 Å². The van der Waals surface area contributed by atoms with Crippen LogP contribution in [0.4, 0.5) is 0 Å². The number of rotatable bonds is 3. The smallest absolute Gasteiger partial charge is 0.300 e. The third-order valence-corrected chi connectivity index (χ3v) is 10.8. The first-order valence-electron chi connectivity index (χ1n) is 15.5. The quantitative estimate of drug-likeness (QED) is 0.519. The first kappa shape index (κ1) is 25.9. The van der Waals surface area contributed by atoms with Crippen molar-refractivity contribution in [3.63, 3.8) is 0 Å². The van der Waals surface area contributed by atoms with Crippen molar-refractivity contribution in [1.82, 2.24) is 24.0 Å². The molecule has 1 aromatic carbocycles. The molecule has 2 saturated carbocycles. The Balaban J connectivity index is 1.31. The number of nitrogens with zero attached hydrogens (tertiary/aromatic N) is 4. The fraction of sp³-hybridized carbons (Fsp3) is 0.625. The third-order valence-electron chi connectivity index (χ3n) is 10.8. The van der Waals surface area contributed by atoms with E-state index in [-0.39, 0.29) is 17.4 Å². The molecule has 1 N–H and O–H groups in total. The van der Waals surface area contributed by atoms with E-state index < -0.39 is 11.2 Å². The van der Waals surface area contributed by atoms with Crippen molar-refractivity contribution in [3.05, 3.63) is 67.7 Å². The average molecular weight is 544 g/mol. The van der Waals surface area contributed by atoms with Crippen LogP contribution >= 0.6 is 0 Å². The minimum atomic E-state index is -0.647. The Morgan fingerprint density at radius 2 is 1.48 bits per heavy atom. The van der Waals surface area contributed by atoms with Crippen LogP contribution in [0.2, 0.25) is 0 Å². The van der Waals surface area contributed by atoms with E-state index in [9.17, 15) is 14.4 Å². The Kier molecular flexibility index (Phi) is 6.56. The summed E-state index contributed by atoms with van der Waals surface area (Å²) in [5.41, 5.74) is 0.0857. The molecular weight excluding hydrogens is 502 g/mol. The van der Waals surface area contributed by atoms with Crippen molar-refractivity contribution in [3.8, 4) is 5.82 Å². The summed E-state index contributed by atoms with van der Waals surface area (Å²) in [5.74, 6) is 2.94.